The van der Waals surface area contributed by atoms with Crippen molar-refractivity contribution in [3.05, 3.63) is 12.3 Å². The van der Waals surface area contributed by atoms with Crippen molar-refractivity contribution >= 4 is 65.7 Å². The average Bonchev–Trinajstić information content (AvgIpc) is 3.50. The molecule has 0 amide bonds. The molecule has 0 heterocycles. The van der Waals surface area contributed by atoms with Crippen molar-refractivity contribution in [2.75, 3.05) is 59.5 Å². The number of aliphatic carboxylic acids is 2. The highest BCUT2D eigenvalue weighted by atomic mass is 16.6. The molecule has 0 rings (SSSR count). The fourth-order valence-electron chi connectivity index (χ4n) is 5.97. The average molecular weight is 1250 g/mol. The number of ether oxygens (including phenoxy) is 12. The molecule has 0 aliphatic rings. The molecule has 0 bridgehead atoms. The Hall–Kier alpha value is -6.73. The smallest absolute Gasteiger partial charge is 0.339 e. The monoisotopic (exact) mass is 1250 g/mol. The lowest BCUT2D eigenvalue weighted by molar-refractivity contribution is -0.184. The van der Waals surface area contributed by atoms with Crippen LogP contribution in [0.15, 0.2) is 12.3 Å². The van der Waals surface area contributed by atoms with Crippen molar-refractivity contribution in [1.29, 1.82) is 0 Å². The number of hydrogen-bond donors (Lipinski definition) is 11. The largest absolute Gasteiger partial charge is 0.511 e. The Kier molecular flexibility index (Phi) is 38.4. The summed E-state index contributed by atoms with van der Waals surface area (Å²) in [5.74, 6) is -15.2. The summed E-state index contributed by atoms with van der Waals surface area (Å²) in [5, 5.41) is 79.6. The van der Waals surface area contributed by atoms with Crippen LogP contribution < -0.4 is 17.2 Å². The van der Waals surface area contributed by atoms with Crippen molar-refractivity contribution in [2.45, 2.75) is 192 Å². The van der Waals surface area contributed by atoms with Crippen LogP contribution in [0.1, 0.15) is 108 Å². The normalized spacial score (nSPS) is 15.0. The zero-order valence-corrected chi connectivity index (χ0v) is 49.9. The molecule has 34 heteroatoms. The van der Waals surface area contributed by atoms with E-state index in [0.717, 1.165) is 0 Å². The summed E-state index contributed by atoms with van der Waals surface area (Å²) in [6.45, 7) is 14.5. The van der Waals surface area contributed by atoms with Crippen LogP contribution in [-0.2, 0) is 110 Å². The van der Waals surface area contributed by atoms with Crippen LogP contribution in [0.2, 0.25) is 0 Å². The minimum absolute atomic E-state index is 0.0599. The Balaban J connectivity index is 0. The Morgan fingerprint density at radius 2 is 0.651 bits per heavy atom. The molecule has 0 aromatic rings. The lowest BCUT2D eigenvalue weighted by Crippen LogP contribution is -2.47. The van der Waals surface area contributed by atoms with Crippen molar-refractivity contribution < 1.29 is 150 Å². The van der Waals surface area contributed by atoms with Crippen molar-refractivity contribution in [2.24, 2.45) is 17.2 Å². The number of esters is 9. The van der Waals surface area contributed by atoms with E-state index in [9.17, 15) is 78.3 Å². The second kappa shape index (κ2) is 40.6. The number of rotatable bonds is 42. The number of carboxylic acids is 2. The van der Waals surface area contributed by atoms with Gasteiger partial charge < -0.3 is 115 Å². The van der Waals surface area contributed by atoms with Crippen molar-refractivity contribution in [1.82, 2.24) is 0 Å². The first-order valence-electron chi connectivity index (χ1n) is 26.6. The zero-order valence-electron chi connectivity index (χ0n) is 49.9. The molecular weight excluding hydrogens is 1160 g/mol. The highest BCUT2D eigenvalue weighted by Crippen LogP contribution is 2.24. The number of nitrogens with two attached hydrogens (primary N) is 3. The van der Waals surface area contributed by atoms with E-state index in [4.69, 9.17) is 75.2 Å². The number of aliphatic hydroxyl groups excluding tert-OH is 3. The van der Waals surface area contributed by atoms with Crippen molar-refractivity contribution in [3.8, 4) is 0 Å². The standard InChI is InChI=1S/C36H62O19.C16H25N3O12/c1-21(2)47-15-26(37)17-51-33(43)35(45,12-30(40)50-20-28(53-23(5)6)19-48-22(3)4)11-29(39)49-16-27(38)18-52-34(44)36(46,13-31(41)54-24(7)8)14-32(42)55-25(9)10;1-7(20)8(17)4-31-15(27)16(28,2-11(21)29-5-9(18)13(23)24)3-12(22)30-6-10(19)14(25)26/h21-28,37-38,45-46H,11-20H2,1-10H3;8-10,20,28H,1-6,17-19H2,(H,23,24)(H,25,26). The van der Waals surface area contributed by atoms with Gasteiger partial charge in [-0.25, -0.2) is 14.4 Å². The Morgan fingerprint density at radius 3 is 0.965 bits per heavy atom. The first-order chi connectivity index (χ1) is 39.6. The van der Waals surface area contributed by atoms with Gasteiger partial charge in [-0.15, -0.1) is 0 Å². The topological polar surface area (TPSA) is 538 Å². The SMILES string of the molecule is C=C(O)C(N)COC(=O)C(O)(CC(=O)OCC(N)C(=O)O)CC(=O)OCC(N)C(=O)O.CC(C)OCC(O)COC(=O)C(O)(CC(=O)OCC(O)COC(=O)C(O)(CC(=O)OC(C)C)CC(=O)OC(C)C)CC(=O)OCC(COC(C)C)OC(C)C. The summed E-state index contributed by atoms with van der Waals surface area (Å²) >= 11 is 0. The van der Waals surface area contributed by atoms with E-state index in [1.165, 1.54) is 27.7 Å². The molecule has 0 aromatic carbocycles. The molecule has 0 saturated heterocycles. The minimum atomic E-state index is -2.88. The van der Waals surface area contributed by atoms with Gasteiger partial charge in [-0.05, 0) is 69.2 Å². The van der Waals surface area contributed by atoms with Gasteiger partial charge in [0.05, 0.1) is 88.3 Å². The summed E-state index contributed by atoms with van der Waals surface area (Å²) in [5.41, 5.74) is 7.23. The molecule has 0 radical (unpaired) electrons. The van der Waals surface area contributed by atoms with E-state index < -0.39 is 215 Å². The Morgan fingerprint density at radius 1 is 0.372 bits per heavy atom. The number of carboxylic acid groups (broad SMARTS) is 2. The first kappa shape index (κ1) is 81.3. The van der Waals surface area contributed by atoms with Crippen LogP contribution in [0.25, 0.3) is 0 Å². The molecular formula is C52H87N3O31. The van der Waals surface area contributed by atoms with Crippen LogP contribution in [0.3, 0.4) is 0 Å². The molecule has 496 valence electrons. The Bertz CT molecular complexity index is 2140. The third-order valence-electron chi connectivity index (χ3n) is 10.2. The maximum absolute atomic E-state index is 13.0. The maximum atomic E-state index is 13.0. The van der Waals surface area contributed by atoms with Gasteiger partial charge in [0.25, 0.3) is 0 Å². The van der Waals surface area contributed by atoms with Crippen LogP contribution in [-0.4, -0.2) is 250 Å². The molecule has 0 fully saturated rings. The number of aliphatic hydroxyl groups is 6. The van der Waals surface area contributed by atoms with Gasteiger partial charge in [-0.2, -0.15) is 0 Å². The van der Waals surface area contributed by atoms with Gasteiger partial charge >= 0.3 is 65.7 Å². The molecule has 0 aliphatic heterocycles. The summed E-state index contributed by atoms with van der Waals surface area (Å²) in [6.07, 6.45) is -12.3. The fraction of sp³-hybridized carbons (Fsp3) is 0.750. The van der Waals surface area contributed by atoms with E-state index >= 15 is 0 Å². The third-order valence-corrected chi connectivity index (χ3v) is 10.2. The van der Waals surface area contributed by atoms with Crippen LogP contribution in [0, 0.1) is 0 Å². The van der Waals surface area contributed by atoms with Crippen LogP contribution in [0.5, 0.6) is 0 Å². The van der Waals surface area contributed by atoms with E-state index in [1.807, 2.05) is 0 Å². The molecule has 7 atom stereocenters. The summed E-state index contributed by atoms with van der Waals surface area (Å²) in [6, 6.07) is -4.41. The number of hydrogen-bond acceptors (Lipinski definition) is 32. The predicted octanol–water partition coefficient (Wildman–Crippen LogP) is -3.20. The van der Waals surface area contributed by atoms with E-state index in [0.29, 0.717) is 0 Å². The Labute approximate surface area is 495 Å². The second-order valence-corrected chi connectivity index (χ2v) is 20.6. The van der Waals surface area contributed by atoms with E-state index in [2.05, 4.69) is 20.8 Å². The highest BCUT2D eigenvalue weighted by Gasteiger charge is 2.47. The molecule has 7 unspecified atom stereocenters. The predicted molar refractivity (Wildman–Crippen MR) is 287 cm³/mol. The third kappa shape index (κ3) is 37.0. The van der Waals surface area contributed by atoms with Gasteiger partial charge in [0, 0.05) is 0 Å². The van der Waals surface area contributed by atoms with Gasteiger partial charge in [0.2, 0.25) is 0 Å². The number of carbonyl (C=O) groups excluding carboxylic acids is 9. The van der Waals surface area contributed by atoms with Gasteiger partial charge in [0.15, 0.2) is 16.8 Å². The molecule has 86 heavy (non-hydrogen) atoms. The van der Waals surface area contributed by atoms with E-state index in [1.54, 1.807) is 41.5 Å². The molecule has 0 spiro atoms. The lowest BCUT2D eigenvalue weighted by Gasteiger charge is -2.26. The summed E-state index contributed by atoms with van der Waals surface area (Å²) in [7, 11) is 0. The second-order valence-electron chi connectivity index (χ2n) is 20.6. The van der Waals surface area contributed by atoms with Gasteiger partial charge in [-0.3, -0.25) is 38.4 Å². The maximum Gasteiger partial charge on any atom is 0.339 e. The van der Waals surface area contributed by atoms with Gasteiger partial charge in [0.1, 0.15) is 82.4 Å². The highest BCUT2D eigenvalue weighted by molar-refractivity contribution is 5.92. The number of carbonyl (C=O) groups is 11. The molecule has 0 aliphatic carbocycles. The molecule has 34 nitrogen and oxygen atoms in total. The first-order valence-corrected chi connectivity index (χ1v) is 26.6. The van der Waals surface area contributed by atoms with Crippen LogP contribution in [0.4, 0.5) is 0 Å². The molecule has 0 saturated carbocycles. The van der Waals surface area contributed by atoms with E-state index in [-0.39, 0.29) is 38.1 Å². The quantitative estimate of drug-likeness (QED) is 0.0163. The lowest BCUT2D eigenvalue weighted by atomic mass is 9.95. The van der Waals surface area contributed by atoms with Crippen molar-refractivity contribution in [3.63, 3.8) is 0 Å². The zero-order chi connectivity index (χ0) is 66.9. The minimum Gasteiger partial charge on any atom is -0.511 e. The fourth-order valence-corrected chi connectivity index (χ4v) is 5.97. The summed E-state index contributed by atoms with van der Waals surface area (Å²) < 4.78 is 60.2. The molecule has 0 aromatic heterocycles. The summed E-state index contributed by atoms with van der Waals surface area (Å²) in [4.78, 5) is 133. The molecule has 14 N–H and O–H groups in total. The van der Waals surface area contributed by atoms with Gasteiger partial charge in [-0.1, -0.05) is 6.58 Å². The van der Waals surface area contributed by atoms with Crippen LogP contribution >= 0.6 is 0 Å².